The zero-order chi connectivity index (χ0) is 33.7. The summed E-state index contributed by atoms with van der Waals surface area (Å²) in [5, 5.41) is 9.27. The average Bonchev–Trinajstić information content (AvgIpc) is 3.08. The van der Waals surface area contributed by atoms with Crippen LogP contribution in [0.4, 0.5) is 0 Å². The molecule has 2 aliphatic carbocycles. The molecule has 1 atom stereocenters. The summed E-state index contributed by atoms with van der Waals surface area (Å²) in [5.41, 5.74) is -0.611. The summed E-state index contributed by atoms with van der Waals surface area (Å²) >= 11 is 3.51. The monoisotopic (exact) mass is 700 g/mol. The summed E-state index contributed by atoms with van der Waals surface area (Å²) in [6, 6.07) is 0. The van der Waals surface area contributed by atoms with Gasteiger partial charge in [0.1, 0.15) is 0 Å². The van der Waals surface area contributed by atoms with Crippen molar-refractivity contribution in [2.75, 3.05) is 45.5 Å². The molecule has 0 aromatic heterocycles. The molecule has 13 heteroatoms. The highest BCUT2D eigenvalue weighted by atomic mass is 32.2. The Labute approximate surface area is 286 Å². The molecule has 1 aliphatic heterocycles. The Hall–Kier alpha value is -1.28. The molecule has 46 heavy (non-hydrogen) atoms. The van der Waals surface area contributed by atoms with Crippen molar-refractivity contribution in [3.05, 3.63) is 19.9 Å². The maximum Gasteiger partial charge on any atom is 0.312 e. The van der Waals surface area contributed by atoms with Gasteiger partial charge in [0.2, 0.25) is 0 Å². The molecule has 2 saturated carbocycles. The first-order chi connectivity index (χ1) is 20.9. The minimum atomic E-state index is -0.315. The summed E-state index contributed by atoms with van der Waals surface area (Å²) in [4.78, 5) is 52.3. The van der Waals surface area contributed by atoms with Crippen LogP contribution in [0.1, 0.15) is 126 Å². The van der Waals surface area contributed by atoms with E-state index in [1.807, 2.05) is 25.6 Å². The fourth-order valence-corrected chi connectivity index (χ4v) is 7.99. The summed E-state index contributed by atoms with van der Waals surface area (Å²) in [7, 11) is 2.98. The highest BCUT2D eigenvalue weighted by molar-refractivity contribution is 8.00. The first-order valence-corrected chi connectivity index (χ1v) is 17.5. The van der Waals surface area contributed by atoms with Gasteiger partial charge in [-0.15, -0.1) is 0 Å². The lowest BCUT2D eigenvalue weighted by Crippen LogP contribution is -2.39. The van der Waals surface area contributed by atoms with Crippen molar-refractivity contribution in [2.24, 2.45) is 10.8 Å². The molecule has 0 spiro atoms. The van der Waals surface area contributed by atoms with Crippen molar-refractivity contribution < 1.29 is 33.6 Å². The van der Waals surface area contributed by atoms with E-state index in [0.29, 0.717) is 6.61 Å². The first kappa shape index (κ1) is 49.1. The maximum atomic E-state index is 12.3. The lowest BCUT2D eigenvalue weighted by atomic mass is 9.75. The second-order valence-electron chi connectivity index (χ2n) is 13.0. The van der Waals surface area contributed by atoms with E-state index in [1.54, 1.807) is 11.8 Å². The van der Waals surface area contributed by atoms with Crippen LogP contribution in [-0.4, -0.2) is 78.4 Å². The summed E-state index contributed by atoms with van der Waals surface area (Å²) < 4.78 is 21.5. The lowest BCUT2D eigenvalue weighted by molar-refractivity contribution is -0.165. The molecule has 0 aromatic carbocycles. The average molecular weight is 701 g/mol. The van der Waals surface area contributed by atoms with Crippen molar-refractivity contribution in [1.82, 2.24) is 0 Å². The number of ether oxygens (including phenoxy) is 4. The van der Waals surface area contributed by atoms with Gasteiger partial charge in [-0.1, -0.05) is 53.4 Å². The van der Waals surface area contributed by atoms with Crippen LogP contribution in [0.5, 0.6) is 0 Å². The minimum Gasteiger partial charge on any atom is -0.469 e. The Morgan fingerprint density at radius 2 is 1.13 bits per heavy atom. The summed E-state index contributed by atoms with van der Waals surface area (Å²) in [6.45, 7) is 9.98. The number of hydrogen-bond acceptors (Lipinski definition) is 13. The van der Waals surface area contributed by atoms with Gasteiger partial charge in [0.25, 0.3) is 0 Å². The fraction of sp³-hybridized carbons (Fsp3) is 0.939. The standard InChI is InChI=1S/C18H32O4S.C13H24O3S.2CH4.2O2/c1-17(2,13-22-15-9-5-8-12-21-15)23-14-18(16(19)20-3)10-6-4-7-11-18;1-12(2,9-14)17-10-13(11(15)16-3)7-5-4-6-8-13;;;2*1-2/h15H,4-14H2,1-3H3;14H,4-10H2,1-3H3;2*1H4;;. The van der Waals surface area contributed by atoms with Gasteiger partial charge in [0, 0.05) is 47.5 Å². The van der Waals surface area contributed by atoms with Gasteiger partial charge >= 0.3 is 11.9 Å². The van der Waals surface area contributed by atoms with E-state index >= 15 is 0 Å². The third kappa shape index (κ3) is 17.2. The Balaban J connectivity index is -0.000000720. The lowest BCUT2D eigenvalue weighted by Gasteiger charge is -2.37. The molecule has 0 aromatic rings. The molecule has 3 rings (SSSR count). The number of esters is 2. The van der Waals surface area contributed by atoms with Crippen molar-refractivity contribution in [3.63, 3.8) is 0 Å². The molecule has 1 unspecified atom stereocenters. The molecule has 1 saturated heterocycles. The molecular weight excluding hydrogens is 636 g/mol. The predicted molar refractivity (Wildman–Crippen MR) is 192 cm³/mol. The van der Waals surface area contributed by atoms with Crippen molar-refractivity contribution in [2.45, 2.75) is 142 Å². The van der Waals surface area contributed by atoms with E-state index < -0.39 is 0 Å². The number of thioether (sulfide) groups is 2. The predicted octanol–water partition coefficient (Wildman–Crippen LogP) is 8.19. The highest BCUT2D eigenvalue weighted by Gasteiger charge is 2.43. The number of aliphatic hydroxyl groups excluding tert-OH is 1. The molecule has 0 bridgehead atoms. The zero-order valence-electron chi connectivity index (χ0n) is 27.7. The largest absolute Gasteiger partial charge is 0.469 e. The van der Waals surface area contributed by atoms with Gasteiger partial charge in [-0.2, -0.15) is 23.5 Å². The molecule has 3 aliphatic rings. The number of carbonyl (C=O) groups is 2. The maximum absolute atomic E-state index is 12.3. The van der Waals surface area contributed by atoms with Gasteiger partial charge < -0.3 is 24.1 Å². The highest BCUT2D eigenvalue weighted by Crippen LogP contribution is 2.44. The van der Waals surface area contributed by atoms with Crippen LogP contribution < -0.4 is 0 Å². The van der Waals surface area contributed by atoms with Crippen molar-refractivity contribution in [3.8, 4) is 0 Å². The van der Waals surface area contributed by atoms with E-state index in [0.717, 1.165) is 82.3 Å². The van der Waals surface area contributed by atoms with Crippen molar-refractivity contribution >= 4 is 35.5 Å². The van der Waals surface area contributed by atoms with Crippen LogP contribution in [0, 0.1) is 30.7 Å². The zero-order valence-corrected chi connectivity index (χ0v) is 29.3. The second kappa shape index (κ2) is 25.7. The smallest absolute Gasteiger partial charge is 0.312 e. The van der Waals surface area contributed by atoms with Gasteiger partial charge in [-0.05, 0) is 72.6 Å². The van der Waals surface area contributed by atoms with Crippen LogP contribution in [0.2, 0.25) is 0 Å². The fourth-order valence-electron chi connectivity index (χ4n) is 5.60. The number of aliphatic hydroxyl groups is 1. The number of methoxy groups -OCH3 is 2. The van der Waals surface area contributed by atoms with Crippen LogP contribution in [0.15, 0.2) is 0 Å². The SMILES string of the molecule is C.C.COC(=O)C1(CSC(C)(C)CO)CCCCC1.COC(=O)C1(CSC(C)(C)COC2CCCCO2)CCCCC1.O=O.O=O. The van der Waals surface area contributed by atoms with Crippen LogP contribution in [0.25, 0.3) is 0 Å². The van der Waals surface area contributed by atoms with Crippen LogP contribution in [0.3, 0.4) is 0 Å². The number of rotatable bonds is 12. The van der Waals surface area contributed by atoms with E-state index in [9.17, 15) is 14.7 Å². The topological polar surface area (TPSA) is 160 Å². The van der Waals surface area contributed by atoms with E-state index in [-0.39, 0.29) is 60.0 Å². The summed E-state index contributed by atoms with van der Waals surface area (Å²) in [6.07, 6.45) is 13.9. The first-order valence-electron chi connectivity index (χ1n) is 15.6. The van der Waals surface area contributed by atoms with Gasteiger partial charge in [-0.3, -0.25) is 9.59 Å². The Morgan fingerprint density at radius 3 is 1.48 bits per heavy atom. The Morgan fingerprint density at radius 1 is 0.717 bits per heavy atom. The van der Waals surface area contributed by atoms with Gasteiger partial charge in [0.15, 0.2) is 6.29 Å². The normalized spacial score (nSPS) is 20.1. The van der Waals surface area contributed by atoms with Crippen LogP contribution >= 0.6 is 23.5 Å². The van der Waals surface area contributed by atoms with Gasteiger partial charge in [0.05, 0.1) is 38.3 Å². The number of hydrogen-bond donors (Lipinski definition) is 1. The molecule has 0 radical (unpaired) electrons. The third-order valence-electron chi connectivity index (χ3n) is 8.47. The van der Waals surface area contributed by atoms with E-state index in [1.165, 1.54) is 33.5 Å². The molecular formula is C33H64O11S2. The van der Waals surface area contributed by atoms with E-state index in [4.69, 9.17) is 38.8 Å². The molecule has 11 nitrogen and oxygen atoms in total. The molecule has 1 N–H and O–H groups in total. The Kier molecular flexibility index (Phi) is 27.4. The van der Waals surface area contributed by atoms with E-state index in [2.05, 4.69) is 13.8 Å². The number of carbonyl (C=O) groups excluding carboxylic acids is 2. The molecule has 1 heterocycles. The quantitative estimate of drug-likeness (QED) is 0.194. The van der Waals surface area contributed by atoms with Crippen molar-refractivity contribution in [1.29, 1.82) is 0 Å². The molecule has 274 valence electrons. The third-order valence-corrected chi connectivity index (χ3v) is 11.7. The van der Waals surface area contributed by atoms with Gasteiger partial charge in [-0.25, -0.2) is 0 Å². The molecule has 0 amide bonds. The Bertz CT molecular complexity index is 790. The minimum absolute atomic E-state index is 0. The summed E-state index contributed by atoms with van der Waals surface area (Å²) in [5.74, 6) is 1.48. The van der Waals surface area contributed by atoms with Crippen LogP contribution in [-0.2, 0) is 28.5 Å². The molecule has 3 fully saturated rings. The second-order valence-corrected chi connectivity index (χ2v) is 16.4.